The van der Waals surface area contributed by atoms with Crippen LogP contribution < -0.4 is 10.1 Å². The van der Waals surface area contributed by atoms with Gasteiger partial charge < -0.3 is 19.5 Å². The zero-order valence-electron chi connectivity index (χ0n) is 14.3. The largest absolute Gasteiger partial charge is 0.484 e. The second kappa shape index (κ2) is 9.54. The first-order chi connectivity index (χ1) is 11.4. The van der Waals surface area contributed by atoms with Gasteiger partial charge in [-0.2, -0.15) is 0 Å². The van der Waals surface area contributed by atoms with E-state index in [-0.39, 0.29) is 12.5 Å². The molecule has 1 aromatic rings. The minimum Gasteiger partial charge on any atom is -0.484 e. The van der Waals surface area contributed by atoms with Gasteiger partial charge in [0.15, 0.2) is 6.61 Å². The molecule has 7 nitrogen and oxygen atoms in total. The molecule has 1 amide bonds. The summed E-state index contributed by atoms with van der Waals surface area (Å²) in [4.78, 5) is 35.0. The Kier molecular flexibility index (Phi) is 7.74. The highest BCUT2D eigenvalue weighted by molar-refractivity contribution is 5.89. The molecule has 1 rings (SSSR count). The number of methoxy groups -OCH3 is 2. The van der Waals surface area contributed by atoms with E-state index in [0.717, 1.165) is 6.42 Å². The highest BCUT2D eigenvalue weighted by Crippen LogP contribution is 2.13. The molecule has 2 atom stereocenters. The number of hydrogen-bond donors (Lipinski definition) is 1. The van der Waals surface area contributed by atoms with Crippen molar-refractivity contribution in [3.63, 3.8) is 0 Å². The van der Waals surface area contributed by atoms with Crippen LogP contribution in [0.1, 0.15) is 30.6 Å². The van der Waals surface area contributed by atoms with Crippen LogP contribution in [0.15, 0.2) is 24.3 Å². The third-order valence-corrected chi connectivity index (χ3v) is 3.63. The summed E-state index contributed by atoms with van der Waals surface area (Å²) >= 11 is 0. The van der Waals surface area contributed by atoms with Crippen LogP contribution in [0.25, 0.3) is 0 Å². The normalized spacial score (nSPS) is 12.7. The van der Waals surface area contributed by atoms with Crippen molar-refractivity contribution in [3.8, 4) is 5.75 Å². The van der Waals surface area contributed by atoms with Crippen molar-refractivity contribution < 1.29 is 28.6 Å². The standard InChI is InChI=1S/C17H23NO6/c1-5-11(2)15(17(21)23-4)18-14(19)10-24-13-8-6-12(7-9-13)16(20)22-3/h6-9,11,15H,5,10H2,1-4H3,(H,18,19)/t11-,15-/m1/s1. The van der Waals surface area contributed by atoms with E-state index in [9.17, 15) is 14.4 Å². The highest BCUT2D eigenvalue weighted by Gasteiger charge is 2.26. The van der Waals surface area contributed by atoms with Crippen molar-refractivity contribution in [2.45, 2.75) is 26.3 Å². The molecule has 0 spiro atoms. The van der Waals surface area contributed by atoms with Crippen LogP contribution in [0.5, 0.6) is 5.75 Å². The number of ether oxygens (including phenoxy) is 3. The van der Waals surface area contributed by atoms with Gasteiger partial charge in [-0.25, -0.2) is 9.59 Å². The van der Waals surface area contributed by atoms with Crippen molar-refractivity contribution in [1.29, 1.82) is 0 Å². The van der Waals surface area contributed by atoms with E-state index < -0.39 is 23.9 Å². The Morgan fingerprint density at radius 2 is 1.71 bits per heavy atom. The second-order valence-corrected chi connectivity index (χ2v) is 5.26. The maximum absolute atomic E-state index is 12.0. The minimum absolute atomic E-state index is 0.0549. The molecule has 1 aromatic carbocycles. The maximum Gasteiger partial charge on any atom is 0.337 e. The van der Waals surface area contributed by atoms with E-state index in [4.69, 9.17) is 9.47 Å². The van der Waals surface area contributed by atoms with Gasteiger partial charge in [-0.05, 0) is 30.2 Å². The van der Waals surface area contributed by atoms with Crippen LogP contribution in [0, 0.1) is 5.92 Å². The third kappa shape index (κ3) is 5.57. The molecule has 132 valence electrons. The Morgan fingerprint density at radius 3 is 2.21 bits per heavy atom. The first-order valence-corrected chi connectivity index (χ1v) is 7.61. The molecule has 0 heterocycles. The van der Waals surface area contributed by atoms with Gasteiger partial charge >= 0.3 is 11.9 Å². The average Bonchev–Trinajstić information content (AvgIpc) is 2.62. The molecule has 7 heteroatoms. The predicted molar refractivity (Wildman–Crippen MR) is 86.7 cm³/mol. The lowest BCUT2D eigenvalue weighted by Crippen LogP contribution is -2.47. The maximum atomic E-state index is 12.0. The zero-order chi connectivity index (χ0) is 18.1. The van der Waals surface area contributed by atoms with Gasteiger partial charge in [-0.15, -0.1) is 0 Å². The van der Waals surface area contributed by atoms with E-state index in [2.05, 4.69) is 10.1 Å². The van der Waals surface area contributed by atoms with Gasteiger partial charge in [0.2, 0.25) is 0 Å². The summed E-state index contributed by atoms with van der Waals surface area (Å²) in [5.74, 6) is -0.992. The Hall–Kier alpha value is -2.57. The van der Waals surface area contributed by atoms with Crippen molar-refractivity contribution in [2.24, 2.45) is 5.92 Å². The monoisotopic (exact) mass is 337 g/mol. The smallest absolute Gasteiger partial charge is 0.337 e. The number of nitrogens with one attached hydrogen (secondary N) is 1. The molecule has 1 N–H and O–H groups in total. The van der Waals surface area contributed by atoms with E-state index >= 15 is 0 Å². The molecule has 0 bridgehead atoms. The van der Waals surface area contributed by atoms with E-state index in [1.165, 1.54) is 26.4 Å². The summed E-state index contributed by atoms with van der Waals surface area (Å²) in [5.41, 5.74) is 0.386. The number of benzene rings is 1. The fraction of sp³-hybridized carbons (Fsp3) is 0.471. The van der Waals surface area contributed by atoms with Crippen molar-refractivity contribution >= 4 is 17.8 Å². The van der Waals surface area contributed by atoms with Crippen LogP contribution in [0.2, 0.25) is 0 Å². The predicted octanol–water partition coefficient (Wildman–Crippen LogP) is 1.56. The molecule has 0 fully saturated rings. The van der Waals surface area contributed by atoms with Crippen LogP contribution in [0.3, 0.4) is 0 Å². The van der Waals surface area contributed by atoms with Crippen LogP contribution in [-0.4, -0.2) is 44.7 Å². The molecule has 0 aromatic heterocycles. The number of carbonyl (C=O) groups excluding carboxylic acids is 3. The number of amides is 1. The molecule has 24 heavy (non-hydrogen) atoms. The Morgan fingerprint density at radius 1 is 1.08 bits per heavy atom. The van der Waals surface area contributed by atoms with Crippen LogP contribution >= 0.6 is 0 Å². The average molecular weight is 337 g/mol. The van der Waals surface area contributed by atoms with E-state index in [0.29, 0.717) is 11.3 Å². The summed E-state index contributed by atoms with van der Waals surface area (Å²) in [6, 6.07) is 5.49. The fourth-order valence-electron chi connectivity index (χ4n) is 1.97. The Labute approximate surface area is 141 Å². The summed E-state index contributed by atoms with van der Waals surface area (Å²) < 4.78 is 14.7. The van der Waals surface area contributed by atoms with Gasteiger partial charge in [-0.3, -0.25) is 4.79 Å². The van der Waals surface area contributed by atoms with Crippen molar-refractivity contribution in [1.82, 2.24) is 5.32 Å². The first-order valence-electron chi connectivity index (χ1n) is 7.61. The van der Waals surface area contributed by atoms with Gasteiger partial charge in [0.1, 0.15) is 11.8 Å². The number of hydrogen-bond acceptors (Lipinski definition) is 6. The fourth-order valence-corrected chi connectivity index (χ4v) is 1.97. The minimum atomic E-state index is -0.710. The molecular formula is C17H23NO6. The van der Waals surface area contributed by atoms with Gasteiger partial charge in [0.25, 0.3) is 5.91 Å². The summed E-state index contributed by atoms with van der Waals surface area (Å²) in [7, 11) is 2.58. The lowest BCUT2D eigenvalue weighted by molar-refractivity contribution is -0.146. The molecule has 0 aliphatic rings. The third-order valence-electron chi connectivity index (χ3n) is 3.63. The lowest BCUT2D eigenvalue weighted by Gasteiger charge is -2.21. The molecule has 0 unspecified atom stereocenters. The van der Waals surface area contributed by atoms with Gasteiger partial charge in [-0.1, -0.05) is 20.3 Å². The summed E-state index contributed by atoms with van der Waals surface area (Å²) in [6.45, 7) is 3.53. The Balaban J connectivity index is 2.58. The van der Waals surface area contributed by atoms with E-state index in [1.807, 2.05) is 13.8 Å². The molecule has 0 saturated carbocycles. The second-order valence-electron chi connectivity index (χ2n) is 5.26. The Bertz CT molecular complexity index is 569. The first kappa shape index (κ1) is 19.5. The number of esters is 2. The van der Waals surface area contributed by atoms with Crippen molar-refractivity contribution in [3.05, 3.63) is 29.8 Å². The molecule has 0 aliphatic heterocycles. The van der Waals surface area contributed by atoms with Crippen LogP contribution in [0.4, 0.5) is 0 Å². The van der Waals surface area contributed by atoms with E-state index in [1.54, 1.807) is 12.1 Å². The summed E-state index contributed by atoms with van der Waals surface area (Å²) in [5, 5.41) is 2.61. The quantitative estimate of drug-likeness (QED) is 0.724. The zero-order valence-corrected chi connectivity index (χ0v) is 14.3. The molecular weight excluding hydrogens is 314 g/mol. The SMILES string of the molecule is CC[C@@H](C)[C@@H](NC(=O)COc1ccc(C(=O)OC)cc1)C(=O)OC. The topological polar surface area (TPSA) is 90.9 Å². The highest BCUT2D eigenvalue weighted by atomic mass is 16.5. The van der Waals surface area contributed by atoms with Gasteiger partial charge in [0, 0.05) is 0 Å². The molecule has 0 saturated heterocycles. The lowest BCUT2D eigenvalue weighted by atomic mass is 9.99. The molecule has 0 aliphatic carbocycles. The summed E-state index contributed by atoms with van der Waals surface area (Å²) in [6.07, 6.45) is 0.718. The number of carbonyl (C=O) groups is 3. The van der Waals surface area contributed by atoms with Crippen LogP contribution in [-0.2, 0) is 19.1 Å². The van der Waals surface area contributed by atoms with Gasteiger partial charge in [0.05, 0.1) is 19.8 Å². The molecule has 0 radical (unpaired) electrons. The van der Waals surface area contributed by atoms with Crippen molar-refractivity contribution in [2.75, 3.05) is 20.8 Å². The number of rotatable bonds is 8.